The molecular formula is C22H23N5. The minimum atomic E-state index is 0.181. The number of nitrogens with one attached hydrogen (secondary N) is 2. The van der Waals surface area contributed by atoms with Crippen LogP contribution in [0.25, 0.3) is 12.2 Å². The zero-order valence-corrected chi connectivity index (χ0v) is 15.6. The van der Waals surface area contributed by atoms with Crippen molar-refractivity contribution in [1.29, 1.82) is 0 Å². The normalized spacial score (nSPS) is 10.5. The van der Waals surface area contributed by atoms with Gasteiger partial charge < -0.3 is 10.6 Å². The summed E-state index contributed by atoms with van der Waals surface area (Å²) >= 11 is 0. The quantitative estimate of drug-likeness (QED) is 0.562. The van der Waals surface area contributed by atoms with Gasteiger partial charge in [-0.2, -0.15) is 15.0 Å². The molecule has 5 nitrogen and oxygen atoms in total. The van der Waals surface area contributed by atoms with E-state index in [-0.39, 0.29) is 5.92 Å². The van der Waals surface area contributed by atoms with Crippen LogP contribution >= 0.6 is 0 Å². The van der Waals surface area contributed by atoms with Crippen molar-refractivity contribution in [2.75, 3.05) is 10.6 Å². The summed E-state index contributed by atoms with van der Waals surface area (Å²) in [6.07, 6.45) is 3.62. The lowest BCUT2D eigenvalue weighted by Crippen LogP contribution is -2.08. The van der Waals surface area contributed by atoms with Crippen LogP contribution < -0.4 is 10.6 Å². The molecule has 1 aromatic heterocycles. The number of rotatable bonds is 7. The molecule has 0 fully saturated rings. The molecular weight excluding hydrogens is 334 g/mol. The van der Waals surface area contributed by atoms with E-state index < -0.39 is 0 Å². The molecule has 0 saturated heterocycles. The zero-order valence-electron chi connectivity index (χ0n) is 15.6. The SMILES string of the molecule is C=Cc1ccc(Nc2nc(Nc3ccc(C=C)cc3)nc(C(C)C)n2)cc1. The topological polar surface area (TPSA) is 62.7 Å². The molecule has 3 rings (SSSR count). The molecule has 0 saturated carbocycles. The van der Waals surface area contributed by atoms with E-state index in [1.807, 2.05) is 60.7 Å². The monoisotopic (exact) mass is 357 g/mol. The molecule has 3 aromatic rings. The summed E-state index contributed by atoms with van der Waals surface area (Å²) in [7, 11) is 0. The lowest BCUT2D eigenvalue weighted by molar-refractivity contribution is 0.766. The lowest BCUT2D eigenvalue weighted by Gasteiger charge is -2.12. The van der Waals surface area contributed by atoms with Crippen LogP contribution in [0.1, 0.15) is 36.7 Å². The number of nitrogens with zero attached hydrogens (tertiary/aromatic N) is 3. The van der Waals surface area contributed by atoms with Crippen LogP contribution in [0.5, 0.6) is 0 Å². The maximum absolute atomic E-state index is 4.53. The van der Waals surface area contributed by atoms with Crippen LogP contribution in [0.2, 0.25) is 0 Å². The zero-order chi connectivity index (χ0) is 19.2. The molecule has 0 amide bonds. The van der Waals surface area contributed by atoms with E-state index in [0.29, 0.717) is 11.9 Å². The Balaban J connectivity index is 1.86. The van der Waals surface area contributed by atoms with Crippen LogP contribution in [0, 0.1) is 0 Å². The van der Waals surface area contributed by atoms with Gasteiger partial charge in [0.15, 0.2) is 0 Å². The standard InChI is InChI=1S/C22H23N5/c1-5-16-7-11-18(12-8-16)23-21-25-20(15(3)4)26-22(27-21)24-19-13-9-17(6-2)10-14-19/h5-15H,1-2H2,3-4H3,(H2,23,24,25,26,27). The second-order valence-corrected chi connectivity index (χ2v) is 6.40. The van der Waals surface area contributed by atoms with Crippen molar-refractivity contribution >= 4 is 35.4 Å². The number of aromatic nitrogens is 3. The van der Waals surface area contributed by atoms with E-state index in [4.69, 9.17) is 0 Å². The van der Waals surface area contributed by atoms with Crippen LogP contribution in [0.4, 0.5) is 23.3 Å². The maximum Gasteiger partial charge on any atom is 0.232 e. The third kappa shape index (κ3) is 4.79. The Labute approximate surface area is 159 Å². The van der Waals surface area contributed by atoms with Crippen molar-refractivity contribution in [1.82, 2.24) is 15.0 Å². The maximum atomic E-state index is 4.53. The summed E-state index contributed by atoms with van der Waals surface area (Å²) in [5, 5.41) is 6.49. The molecule has 2 N–H and O–H groups in total. The summed E-state index contributed by atoms with van der Waals surface area (Å²) < 4.78 is 0. The molecule has 0 aliphatic heterocycles. The first-order valence-corrected chi connectivity index (χ1v) is 8.82. The molecule has 0 atom stereocenters. The van der Waals surface area contributed by atoms with Gasteiger partial charge in [-0.1, -0.05) is 63.4 Å². The van der Waals surface area contributed by atoms with Gasteiger partial charge in [-0.3, -0.25) is 0 Å². The lowest BCUT2D eigenvalue weighted by atomic mass is 10.2. The molecule has 0 aliphatic carbocycles. The average molecular weight is 357 g/mol. The van der Waals surface area contributed by atoms with Crippen molar-refractivity contribution in [3.8, 4) is 0 Å². The van der Waals surface area contributed by atoms with Crippen molar-refractivity contribution in [3.63, 3.8) is 0 Å². The van der Waals surface area contributed by atoms with Gasteiger partial charge in [0.2, 0.25) is 11.9 Å². The van der Waals surface area contributed by atoms with Gasteiger partial charge in [-0.25, -0.2) is 0 Å². The molecule has 136 valence electrons. The van der Waals surface area contributed by atoms with Gasteiger partial charge in [0.05, 0.1) is 0 Å². The summed E-state index contributed by atoms with van der Waals surface area (Å²) in [5.74, 6) is 1.91. The second-order valence-electron chi connectivity index (χ2n) is 6.40. The van der Waals surface area contributed by atoms with E-state index in [2.05, 4.69) is 52.6 Å². The molecule has 0 bridgehead atoms. The number of hydrogen-bond donors (Lipinski definition) is 2. The predicted molar refractivity (Wildman–Crippen MR) is 114 cm³/mol. The van der Waals surface area contributed by atoms with Crippen LogP contribution in [0.15, 0.2) is 61.7 Å². The molecule has 27 heavy (non-hydrogen) atoms. The molecule has 0 radical (unpaired) electrons. The summed E-state index contributed by atoms with van der Waals surface area (Å²) in [4.78, 5) is 13.6. The fourth-order valence-corrected chi connectivity index (χ4v) is 2.43. The van der Waals surface area contributed by atoms with Crippen molar-refractivity contribution < 1.29 is 0 Å². The number of hydrogen-bond acceptors (Lipinski definition) is 5. The summed E-state index contributed by atoms with van der Waals surface area (Å²) in [6, 6.07) is 15.8. The van der Waals surface area contributed by atoms with E-state index in [1.54, 1.807) is 0 Å². The molecule has 1 heterocycles. The van der Waals surface area contributed by atoms with Crippen molar-refractivity contribution in [3.05, 3.63) is 78.6 Å². The van der Waals surface area contributed by atoms with E-state index in [9.17, 15) is 0 Å². The van der Waals surface area contributed by atoms with Gasteiger partial charge in [0.25, 0.3) is 0 Å². The fraction of sp³-hybridized carbons (Fsp3) is 0.136. The number of anilines is 4. The van der Waals surface area contributed by atoms with E-state index in [1.165, 1.54) is 0 Å². The van der Waals surface area contributed by atoms with Gasteiger partial charge in [-0.05, 0) is 35.4 Å². The first-order chi connectivity index (χ1) is 13.1. The summed E-state index contributed by atoms with van der Waals surface area (Å²) in [6.45, 7) is 11.7. The van der Waals surface area contributed by atoms with Crippen LogP contribution in [-0.4, -0.2) is 15.0 Å². The number of benzene rings is 2. The largest absolute Gasteiger partial charge is 0.324 e. The van der Waals surface area contributed by atoms with Crippen molar-refractivity contribution in [2.45, 2.75) is 19.8 Å². The highest BCUT2D eigenvalue weighted by molar-refractivity contribution is 5.61. The minimum absolute atomic E-state index is 0.181. The molecule has 0 spiro atoms. The minimum Gasteiger partial charge on any atom is -0.324 e. The predicted octanol–water partition coefficient (Wildman–Crippen LogP) is 5.77. The molecule has 0 aliphatic rings. The van der Waals surface area contributed by atoms with E-state index >= 15 is 0 Å². The fourth-order valence-electron chi connectivity index (χ4n) is 2.43. The Morgan fingerprint density at radius 1 is 0.704 bits per heavy atom. The highest BCUT2D eigenvalue weighted by Gasteiger charge is 2.10. The second kappa shape index (κ2) is 8.27. The first-order valence-electron chi connectivity index (χ1n) is 8.82. The van der Waals surface area contributed by atoms with Crippen molar-refractivity contribution in [2.24, 2.45) is 0 Å². The first kappa shape index (κ1) is 18.3. The van der Waals surface area contributed by atoms with Gasteiger partial charge in [0, 0.05) is 17.3 Å². The molecule has 2 aromatic carbocycles. The summed E-state index contributed by atoms with van der Waals surface area (Å²) in [5.41, 5.74) is 3.93. The Bertz CT molecular complexity index is 856. The Kier molecular flexibility index (Phi) is 5.61. The third-order valence-corrected chi connectivity index (χ3v) is 3.97. The van der Waals surface area contributed by atoms with Crippen LogP contribution in [-0.2, 0) is 0 Å². The molecule has 0 unspecified atom stereocenters. The highest BCUT2D eigenvalue weighted by atomic mass is 15.2. The van der Waals surface area contributed by atoms with Gasteiger partial charge in [0.1, 0.15) is 5.82 Å². The average Bonchev–Trinajstić information content (AvgIpc) is 2.69. The van der Waals surface area contributed by atoms with Crippen LogP contribution in [0.3, 0.4) is 0 Å². The molecule has 5 heteroatoms. The highest BCUT2D eigenvalue weighted by Crippen LogP contribution is 2.21. The van der Waals surface area contributed by atoms with Gasteiger partial charge in [-0.15, -0.1) is 0 Å². The van der Waals surface area contributed by atoms with E-state index in [0.717, 1.165) is 28.3 Å². The Morgan fingerprint density at radius 2 is 1.11 bits per heavy atom. The smallest absolute Gasteiger partial charge is 0.232 e. The van der Waals surface area contributed by atoms with Gasteiger partial charge >= 0.3 is 0 Å². The Morgan fingerprint density at radius 3 is 1.44 bits per heavy atom. The Hall–Kier alpha value is -3.47. The third-order valence-electron chi connectivity index (χ3n) is 3.97.